The smallest absolute Gasteiger partial charge is 0.366 e. The minimum absolute atomic E-state index is 0. The number of aromatic nitrogens is 1. The topological polar surface area (TPSA) is 63.2 Å². The van der Waals surface area contributed by atoms with E-state index in [1.807, 2.05) is 0 Å². The molecular weight excluding hydrogens is 391 g/mol. The highest BCUT2D eigenvalue weighted by Crippen LogP contribution is 2.31. The van der Waals surface area contributed by atoms with E-state index in [4.69, 9.17) is 4.74 Å². The fraction of sp³-hybridized carbons (Fsp3) is 0.375. The molecule has 1 aliphatic rings. The number of hydrogen-bond donors (Lipinski definition) is 2. The van der Waals surface area contributed by atoms with Crippen LogP contribution in [0.3, 0.4) is 0 Å². The van der Waals surface area contributed by atoms with Crippen molar-refractivity contribution in [2.24, 2.45) is 0 Å². The zero-order chi connectivity index (χ0) is 17.9. The molecule has 142 valence electrons. The molecular formula is C16H17ClF3N3O2S. The highest BCUT2D eigenvalue weighted by molar-refractivity contribution is 7.13. The number of hydrogen-bond acceptors (Lipinski definition) is 5. The van der Waals surface area contributed by atoms with Crippen molar-refractivity contribution in [3.05, 3.63) is 40.9 Å². The molecule has 1 aromatic heterocycles. The first-order valence-electron chi connectivity index (χ1n) is 7.65. The number of thiazole rings is 1. The van der Waals surface area contributed by atoms with Crippen LogP contribution in [0.4, 0.5) is 13.2 Å². The number of morpholine rings is 1. The monoisotopic (exact) mass is 407 g/mol. The average Bonchev–Trinajstić information content (AvgIpc) is 3.09. The van der Waals surface area contributed by atoms with Gasteiger partial charge in [0.25, 0.3) is 5.91 Å². The van der Waals surface area contributed by atoms with Gasteiger partial charge < -0.3 is 15.4 Å². The zero-order valence-corrected chi connectivity index (χ0v) is 15.1. The van der Waals surface area contributed by atoms with Crippen LogP contribution in [0.2, 0.25) is 0 Å². The summed E-state index contributed by atoms with van der Waals surface area (Å²) in [6, 6.07) is 4.86. The van der Waals surface area contributed by atoms with Crippen molar-refractivity contribution in [3.63, 3.8) is 0 Å². The summed E-state index contributed by atoms with van der Waals surface area (Å²) < 4.78 is 43.1. The van der Waals surface area contributed by atoms with Gasteiger partial charge in [-0.1, -0.05) is 12.1 Å². The van der Waals surface area contributed by atoms with Crippen molar-refractivity contribution in [3.8, 4) is 10.6 Å². The van der Waals surface area contributed by atoms with Gasteiger partial charge in [0.15, 0.2) is 0 Å². The number of carbonyl (C=O) groups excluding carboxylic acids is 1. The summed E-state index contributed by atoms with van der Waals surface area (Å²) in [6.45, 7) is 1.94. The minimum Gasteiger partial charge on any atom is -0.366 e. The fourth-order valence-corrected chi connectivity index (χ4v) is 3.17. The van der Waals surface area contributed by atoms with Gasteiger partial charge in [-0.25, -0.2) is 4.98 Å². The quantitative estimate of drug-likeness (QED) is 0.818. The van der Waals surface area contributed by atoms with Crippen molar-refractivity contribution >= 4 is 29.7 Å². The summed E-state index contributed by atoms with van der Waals surface area (Å²) in [5.74, 6) is -0.212. The summed E-state index contributed by atoms with van der Waals surface area (Å²) in [4.78, 5) is 16.3. The first-order valence-corrected chi connectivity index (χ1v) is 8.53. The molecule has 26 heavy (non-hydrogen) atoms. The van der Waals surface area contributed by atoms with Crippen LogP contribution in [0.1, 0.15) is 11.3 Å². The maximum absolute atomic E-state index is 12.6. The normalized spacial score (nSPS) is 17.4. The Bertz CT molecular complexity index is 731. The van der Waals surface area contributed by atoms with Gasteiger partial charge in [0.1, 0.15) is 11.1 Å². The van der Waals surface area contributed by atoms with Gasteiger partial charge in [-0.15, -0.1) is 23.7 Å². The molecule has 2 heterocycles. The number of amides is 1. The Morgan fingerprint density at radius 1 is 1.35 bits per heavy atom. The van der Waals surface area contributed by atoms with E-state index in [1.54, 1.807) is 5.38 Å². The lowest BCUT2D eigenvalue weighted by atomic mass is 10.1. The van der Waals surface area contributed by atoms with Crippen molar-refractivity contribution in [1.29, 1.82) is 0 Å². The average molecular weight is 408 g/mol. The molecule has 2 N–H and O–H groups in total. The van der Waals surface area contributed by atoms with Crippen LogP contribution in [-0.2, 0) is 22.3 Å². The third kappa shape index (κ3) is 5.16. The van der Waals surface area contributed by atoms with E-state index >= 15 is 0 Å². The molecule has 0 bridgehead atoms. The van der Waals surface area contributed by atoms with Crippen molar-refractivity contribution in [1.82, 2.24) is 15.6 Å². The number of benzene rings is 1. The molecule has 2 aromatic rings. The largest absolute Gasteiger partial charge is 0.416 e. The number of rotatable bonds is 4. The summed E-state index contributed by atoms with van der Waals surface area (Å²) in [7, 11) is 0. The third-order valence-electron chi connectivity index (χ3n) is 3.67. The van der Waals surface area contributed by atoms with E-state index in [0.717, 1.165) is 18.7 Å². The lowest BCUT2D eigenvalue weighted by molar-refractivity contribution is -0.137. The van der Waals surface area contributed by atoms with E-state index in [9.17, 15) is 18.0 Å². The highest BCUT2D eigenvalue weighted by Gasteiger charge is 2.30. The Labute approximate surface area is 158 Å². The maximum Gasteiger partial charge on any atom is 0.416 e. The number of ether oxygens (including phenoxy) is 1. The Morgan fingerprint density at radius 3 is 2.69 bits per heavy atom. The second-order valence-electron chi connectivity index (χ2n) is 5.50. The van der Waals surface area contributed by atoms with Crippen molar-refractivity contribution in [2.45, 2.75) is 18.8 Å². The summed E-state index contributed by atoms with van der Waals surface area (Å²) >= 11 is 1.32. The molecule has 1 aliphatic heterocycles. The van der Waals surface area contributed by atoms with Crippen LogP contribution in [-0.4, -0.2) is 36.7 Å². The molecule has 0 aliphatic carbocycles. The van der Waals surface area contributed by atoms with Gasteiger partial charge >= 0.3 is 6.18 Å². The van der Waals surface area contributed by atoms with Gasteiger partial charge in [-0.05, 0) is 12.1 Å². The molecule has 5 nitrogen and oxygen atoms in total. The van der Waals surface area contributed by atoms with Gasteiger partial charge in [0, 0.05) is 24.0 Å². The lowest BCUT2D eigenvalue weighted by Crippen LogP contribution is -2.47. The molecule has 1 unspecified atom stereocenters. The number of halogens is 4. The number of carbonyl (C=O) groups is 1. The lowest BCUT2D eigenvalue weighted by Gasteiger charge is -2.22. The molecule has 1 fully saturated rings. The van der Waals surface area contributed by atoms with Gasteiger partial charge in [0.2, 0.25) is 0 Å². The molecule has 1 saturated heterocycles. The molecule has 3 rings (SSSR count). The molecule has 1 amide bonds. The van der Waals surface area contributed by atoms with E-state index in [-0.39, 0.29) is 24.9 Å². The second-order valence-corrected chi connectivity index (χ2v) is 6.36. The zero-order valence-electron chi connectivity index (χ0n) is 13.5. The standard InChI is InChI=1S/C16H16F3N3O2S.ClH/c17-16(18,19)11-3-1-10(2-4-11)15-22-12(9-25-15)7-21-14(23)13-8-20-5-6-24-13;/h1-4,9,13,20H,5-8H2,(H,21,23);1H. The Kier molecular flexibility index (Phi) is 6.99. The summed E-state index contributed by atoms with van der Waals surface area (Å²) in [5, 5.41) is 8.21. The molecule has 10 heteroatoms. The summed E-state index contributed by atoms with van der Waals surface area (Å²) in [5.41, 5.74) is 0.564. The van der Waals surface area contributed by atoms with Crippen LogP contribution < -0.4 is 10.6 Å². The highest BCUT2D eigenvalue weighted by atomic mass is 35.5. The van der Waals surface area contributed by atoms with E-state index in [1.165, 1.54) is 23.5 Å². The second kappa shape index (κ2) is 8.81. The van der Waals surface area contributed by atoms with Crippen LogP contribution in [0, 0.1) is 0 Å². The Morgan fingerprint density at radius 2 is 2.08 bits per heavy atom. The van der Waals surface area contributed by atoms with Crippen molar-refractivity contribution in [2.75, 3.05) is 19.7 Å². The first-order chi connectivity index (χ1) is 11.9. The van der Waals surface area contributed by atoms with Crippen molar-refractivity contribution < 1.29 is 22.7 Å². The van der Waals surface area contributed by atoms with Gasteiger partial charge in [-0.3, -0.25) is 4.79 Å². The van der Waals surface area contributed by atoms with Gasteiger partial charge in [-0.2, -0.15) is 13.2 Å². The predicted molar refractivity (Wildman–Crippen MR) is 94.3 cm³/mol. The first kappa shape index (κ1) is 20.6. The molecule has 0 spiro atoms. The minimum atomic E-state index is -4.35. The van der Waals surface area contributed by atoms with E-state index in [0.29, 0.717) is 29.4 Å². The Balaban J connectivity index is 0.00000243. The summed E-state index contributed by atoms with van der Waals surface area (Å²) in [6.07, 6.45) is -4.87. The Hall–Kier alpha value is -1.68. The maximum atomic E-state index is 12.6. The predicted octanol–water partition coefficient (Wildman–Crippen LogP) is 2.86. The molecule has 0 saturated carbocycles. The van der Waals surface area contributed by atoms with E-state index in [2.05, 4.69) is 15.6 Å². The fourth-order valence-electron chi connectivity index (χ4n) is 2.35. The number of nitrogens with one attached hydrogen (secondary N) is 2. The number of nitrogens with zero attached hydrogens (tertiary/aromatic N) is 1. The van der Waals surface area contributed by atoms with Crippen LogP contribution in [0.25, 0.3) is 10.6 Å². The third-order valence-corrected chi connectivity index (χ3v) is 4.61. The number of alkyl halides is 3. The molecule has 1 aromatic carbocycles. The van der Waals surface area contributed by atoms with E-state index < -0.39 is 17.8 Å². The molecule has 1 atom stereocenters. The van der Waals surface area contributed by atoms with Crippen LogP contribution >= 0.6 is 23.7 Å². The van der Waals surface area contributed by atoms with Crippen LogP contribution in [0.15, 0.2) is 29.6 Å². The SMILES string of the molecule is Cl.O=C(NCc1csc(-c2ccc(C(F)(F)F)cc2)n1)C1CNCCO1. The molecule has 0 radical (unpaired) electrons. The van der Waals surface area contributed by atoms with Crippen LogP contribution in [0.5, 0.6) is 0 Å². The van der Waals surface area contributed by atoms with Gasteiger partial charge in [0.05, 0.1) is 24.4 Å².